The standard InChI is InChI=1S/C19H21ClFN3O5S/c1-10(2)28-19-15(20)6-12(9-23-19)29-17-8-16(21)14(7-13(17)11-4-5-11)18(25)24-30(26,27)22-3/h6-11,22H,4-5H2,1-3H3,(H,24,25). The Morgan fingerprint density at radius 2 is 2.00 bits per heavy atom. The van der Waals surface area contributed by atoms with Crippen molar-refractivity contribution in [2.24, 2.45) is 0 Å². The van der Waals surface area contributed by atoms with Crippen LogP contribution in [0.15, 0.2) is 24.4 Å². The number of aromatic nitrogens is 1. The summed E-state index contributed by atoms with van der Waals surface area (Å²) in [6.07, 6.45) is 2.98. The zero-order chi connectivity index (χ0) is 22.1. The molecule has 1 aromatic heterocycles. The summed E-state index contributed by atoms with van der Waals surface area (Å²) >= 11 is 6.17. The number of halogens is 2. The topological polar surface area (TPSA) is 107 Å². The Kier molecular flexibility index (Phi) is 6.49. The van der Waals surface area contributed by atoms with E-state index in [9.17, 15) is 17.6 Å². The zero-order valence-electron chi connectivity index (χ0n) is 16.5. The summed E-state index contributed by atoms with van der Waals surface area (Å²) in [4.78, 5) is 16.3. The number of hydrogen-bond donors (Lipinski definition) is 2. The highest BCUT2D eigenvalue weighted by atomic mass is 35.5. The fourth-order valence-electron chi connectivity index (χ4n) is 2.68. The van der Waals surface area contributed by atoms with E-state index in [1.54, 1.807) is 4.72 Å². The van der Waals surface area contributed by atoms with Crippen molar-refractivity contribution in [2.75, 3.05) is 7.05 Å². The van der Waals surface area contributed by atoms with E-state index in [1.807, 2.05) is 18.6 Å². The minimum absolute atomic E-state index is 0.0834. The van der Waals surface area contributed by atoms with Gasteiger partial charge in [0.15, 0.2) is 0 Å². The second-order valence-electron chi connectivity index (χ2n) is 7.01. The molecule has 2 N–H and O–H groups in total. The Morgan fingerprint density at radius 1 is 1.30 bits per heavy atom. The van der Waals surface area contributed by atoms with Crippen LogP contribution in [-0.4, -0.2) is 32.5 Å². The molecule has 0 radical (unpaired) electrons. The van der Waals surface area contributed by atoms with E-state index >= 15 is 0 Å². The molecule has 8 nitrogen and oxygen atoms in total. The summed E-state index contributed by atoms with van der Waals surface area (Å²) in [6, 6.07) is 3.87. The minimum atomic E-state index is -4.06. The van der Waals surface area contributed by atoms with E-state index < -0.39 is 21.9 Å². The van der Waals surface area contributed by atoms with E-state index in [1.165, 1.54) is 18.3 Å². The van der Waals surface area contributed by atoms with Crippen molar-refractivity contribution >= 4 is 27.7 Å². The molecule has 0 aliphatic heterocycles. The molecule has 1 saturated carbocycles. The number of hydrogen-bond acceptors (Lipinski definition) is 6. The number of rotatable bonds is 8. The molecule has 1 fully saturated rings. The second-order valence-corrected chi connectivity index (χ2v) is 9.04. The fraction of sp³-hybridized carbons (Fsp3) is 0.368. The Morgan fingerprint density at radius 3 is 2.57 bits per heavy atom. The van der Waals surface area contributed by atoms with E-state index in [2.05, 4.69) is 4.98 Å². The smallest absolute Gasteiger partial charge is 0.301 e. The van der Waals surface area contributed by atoms with Crippen LogP contribution in [0.3, 0.4) is 0 Å². The lowest BCUT2D eigenvalue weighted by molar-refractivity contribution is 0.0977. The van der Waals surface area contributed by atoms with Crippen molar-refractivity contribution in [1.82, 2.24) is 14.4 Å². The number of carbonyl (C=O) groups is 1. The van der Waals surface area contributed by atoms with Gasteiger partial charge in [0.2, 0.25) is 5.88 Å². The van der Waals surface area contributed by atoms with Crippen LogP contribution in [0, 0.1) is 5.82 Å². The first-order valence-electron chi connectivity index (χ1n) is 9.18. The van der Waals surface area contributed by atoms with E-state index in [-0.39, 0.29) is 40.0 Å². The van der Waals surface area contributed by atoms with Crippen LogP contribution in [0.2, 0.25) is 5.02 Å². The summed E-state index contributed by atoms with van der Waals surface area (Å²) < 4.78 is 52.6. The molecule has 1 amide bonds. The molecule has 0 bridgehead atoms. The Labute approximate surface area is 178 Å². The molecular formula is C19H21ClFN3O5S. The third-order valence-electron chi connectivity index (χ3n) is 4.21. The second kappa shape index (κ2) is 8.75. The van der Waals surface area contributed by atoms with Gasteiger partial charge in [0.1, 0.15) is 22.3 Å². The first kappa shape index (κ1) is 22.3. The SMILES string of the molecule is CNS(=O)(=O)NC(=O)c1cc(C2CC2)c(Oc2cnc(OC(C)C)c(Cl)c2)cc1F. The van der Waals surface area contributed by atoms with Crippen LogP contribution >= 0.6 is 11.6 Å². The maximum Gasteiger partial charge on any atom is 0.301 e. The molecule has 11 heteroatoms. The summed E-state index contributed by atoms with van der Waals surface area (Å²) in [5, 5.41) is 0.239. The van der Waals surface area contributed by atoms with Crippen LogP contribution < -0.4 is 18.9 Å². The predicted molar refractivity (Wildman–Crippen MR) is 109 cm³/mol. The summed E-state index contributed by atoms with van der Waals surface area (Å²) in [6.45, 7) is 3.68. The first-order valence-corrected chi connectivity index (χ1v) is 11.0. The number of ether oxygens (including phenoxy) is 2. The Hall–Kier alpha value is -2.43. The molecule has 0 saturated heterocycles. The van der Waals surface area contributed by atoms with Gasteiger partial charge in [-0.2, -0.15) is 8.42 Å². The van der Waals surface area contributed by atoms with Gasteiger partial charge in [-0.05, 0) is 44.2 Å². The average molecular weight is 458 g/mol. The van der Waals surface area contributed by atoms with Gasteiger partial charge in [-0.15, -0.1) is 0 Å². The molecule has 3 rings (SSSR count). The van der Waals surface area contributed by atoms with Crippen LogP contribution in [-0.2, 0) is 10.2 Å². The van der Waals surface area contributed by atoms with Gasteiger partial charge in [0.05, 0.1) is 17.9 Å². The number of benzene rings is 1. The van der Waals surface area contributed by atoms with Crippen LogP contribution in [0.4, 0.5) is 4.39 Å². The molecule has 2 aromatic rings. The highest BCUT2D eigenvalue weighted by molar-refractivity contribution is 7.88. The molecule has 1 aliphatic rings. The molecule has 1 aliphatic carbocycles. The van der Waals surface area contributed by atoms with Gasteiger partial charge < -0.3 is 9.47 Å². The molecule has 30 heavy (non-hydrogen) atoms. The van der Waals surface area contributed by atoms with Gasteiger partial charge in [-0.25, -0.2) is 18.8 Å². The van der Waals surface area contributed by atoms with Crippen LogP contribution in [0.5, 0.6) is 17.4 Å². The number of carbonyl (C=O) groups excluding carboxylic acids is 1. The van der Waals surface area contributed by atoms with Crippen LogP contribution in [0.25, 0.3) is 0 Å². The molecule has 0 unspecified atom stereocenters. The number of amides is 1. The predicted octanol–water partition coefficient (Wildman–Crippen LogP) is 3.53. The number of nitrogens with one attached hydrogen (secondary N) is 2. The van der Waals surface area contributed by atoms with Gasteiger partial charge in [-0.3, -0.25) is 4.79 Å². The van der Waals surface area contributed by atoms with Gasteiger partial charge in [0, 0.05) is 19.2 Å². The summed E-state index contributed by atoms with van der Waals surface area (Å²) in [7, 11) is -2.93. The van der Waals surface area contributed by atoms with Crippen molar-refractivity contribution < 1.29 is 27.1 Å². The quantitative estimate of drug-likeness (QED) is 0.628. The lowest BCUT2D eigenvalue weighted by Crippen LogP contribution is -2.38. The average Bonchev–Trinajstić information content (AvgIpc) is 3.48. The Bertz CT molecular complexity index is 1070. The lowest BCUT2D eigenvalue weighted by atomic mass is 10.0. The lowest BCUT2D eigenvalue weighted by Gasteiger charge is -2.15. The summed E-state index contributed by atoms with van der Waals surface area (Å²) in [5.74, 6) is -1.18. The summed E-state index contributed by atoms with van der Waals surface area (Å²) in [5.41, 5.74) is 0.210. The molecule has 162 valence electrons. The third kappa shape index (κ3) is 5.38. The number of nitrogens with zero attached hydrogens (tertiary/aromatic N) is 1. The largest absolute Gasteiger partial charge is 0.474 e. The van der Waals surface area contributed by atoms with Crippen LogP contribution in [0.1, 0.15) is 48.5 Å². The van der Waals surface area contributed by atoms with E-state index in [0.717, 1.165) is 26.0 Å². The molecule has 1 aromatic carbocycles. The first-order chi connectivity index (χ1) is 14.1. The molecule has 1 heterocycles. The van der Waals surface area contributed by atoms with Crippen molar-refractivity contribution in [3.63, 3.8) is 0 Å². The van der Waals surface area contributed by atoms with Crippen molar-refractivity contribution in [1.29, 1.82) is 0 Å². The van der Waals surface area contributed by atoms with Crippen molar-refractivity contribution in [2.45, 2.75) is 38.7 Å². The molecule has 0 spiro atoms. The van der Waals surface area contributed by atoms with Gasteiger partial charge >= 0.3 is 10.2 Å². The maximum atomic E-state index is 14.6. The minimum Gasteiger partial charge on any atom is -0.474 e. The van der Waals surface area contributed by atoms with Crippen molar-refractivity contribution in [3.8, 4) is 17.4 Å². The normalized spacial score (nSPS) is 13.9. The third-order valence-corrected chi connectivity index (χ3v) is 5.48. The van der Waals surface area contributed by atoms with Crippen molar-refractivity contribution in [3.05, 3.63) is 46.4 Å². The monoisotopic (exact) mass is 457 g/mol. The highest BCUT2D eigenvalue weighted by Gasteiger charge is 2.30. The molecular weight excluding hydrogens is 437 g/mol. The van der Waals surface area contributed by atoms with Gasteiger partial charge in [0.25, 0.3) is 5.91 Å². The Balaban J connectivity index is 1.90. The fourth-order valence-corrected chi connectivity index (χ4v) is 3.33. The van der Waals surface area contributed by atoms with E-state index in [4.69, 9.17) is 21.1 Å². The zero-order valence-corrected chi connectivity index (χ0v) is 18.1. The number of pyridine rings is 1. The maximum absolute atomic E-state index is 14.6. The highest BCUT2D eigenvalue weighted by Crippen LogP contribution is 2.46. The van der Waals surface area contributed by atoms with E-state index in [0.29, 0.717) is 5.56 Å². The van der Waals surface area contributed by atoms with Gasteiger partial charge in [-0.1, -0.05) is 11.6 Å². The molecule has 0 atom stereocenters.